The van der Waals surface area contributed by atoms with E-state index in [4.69, 9.17) is 25.5 Å². The summed E-state index contributed by atoms with van der Waals surface area (Å²) in [6.07, 6.45) is 1.13. The Kier molecular flexibility index (Phi) is 6.34. The predicted octanol–water partition coefficient (Wildman–Crippen LogP) is 3.81. The average molecular weight is 400 g/mol. The van der Waals surface area contributed by atoms with Crippen molar-refractivity contribution in [1.82, 2.24) is 5.32 Å². The number of hydrogen-bond acceptors (Lipinski definition) is 5. The van der Waals surface area contributed by atoms with Crippen LogP contribution in [0.4, 0.5) is 0 Å². The number of hydrogen-bond donors (Lipinski definition) is 1. The molecule has 28 heavy (non-hydrogen) atoms. The maximum atomic E-state index is 12.2. The zero-order valence-corrected chi connectivity index (χ0v) is 15.9. The monoisotopic (exact) mass is 399 g/mol. The minimum Gasteiger partial charge on any atom is -0.497 e. The van der Waals surface area contributed by atoms with Crippen LogP contribution < -0.4 is 20.2 Å². The van der Waals surface area contributed by atoms with Gasteiger partial charge in [0.25, 0.3) is 5.91 Å². The lowest BCUT2D eigenvalue weighted by Crippen LogP contribution is -2.24. The molecule has 0 radical (unpaired) electrons. The standard InChI is InChI=1S/C21H18ClNO5/c1-26-16-7-4-5-14(9-16)12-27-20-13-28-19(10-18(20)24)21(25)23-11-15-6-2-3-8-17(15)22/h2-10,13H,11-12H2,1H3,(H,23,25). The van der Waals surface area contributed by atoms with Gasteiger partial charge in [0, 0.05) is 17.6 Å². The van der Waals surface area contributed by atoms with E-state index in [1.165, 1.54) is 0 Å². The molecule has 0 aliphatic heterocycles. The van der Waals surface area contributed by atoms with Crippen molar-refractivity contribution in [3.05, 3.63) is 93.0 Å². The van der Waals surface area contributed by atoms with Crippen molar-refractivity contribution >= 4 is 17.5 Å². The number of methoxy groups -OCH3 is 1. The molecule has 144 valence electrons. The molecule has 0 spiro atoms. The molecular weight excluding hydrogens is 382 g/mol. The maximum Gasteiger partial charge on any atom is 0.287 e. The lowest BCUT2D eigenvalue weighted by molar-refractivity contribution is 0.0919. The number of carbonyl (C=O) groups excluding carboxylic acids is 1. The highest BCUT2D eigenvalue weighted by Gasteiger charge is 2.13. The van der Waals surface area contributed by atoms with Crippen LogP contribution >= 0.6 is 11.6 Å². The van der Waals surface area contributed by atoms with E-state index < -0.39 is 11.3 Å². The van der Waals surface area contributed by atoms with E-state index in [1.807, 2.05) is 24.3 Å². The second kappa shape index (κ2) is 9.10. The summed E-state index contributed by atoms with van der Waals surface area (Å²) >= 11 is 6.05. The molecule has 0 saturated carbocycles. The van der Waals surface area contributed by atoms with Crippen molar-refractivity contribution in [2.45, 2.75) is 13.2 Å². The van der Waals surface area contributed by atoms with Gasteiger partial charge in [0.05, 0.1) is 7.11 Å². The molecule has 0 saturated heterocycles. The van der Waals surface area contributed by atoms with Gasteiger partial charge in [-0.15, -0.1) is 0 Å². The second-order valence-electron chi connectivity index (χ2n) is 5.89. The minimum atomic E-state index is -0.517. The molecule has 6 nitrogen and oxygen atoms in total. The van der Waals surface area contributed by atoms with E-state index in [1.54, 1.807) is 31.4 Å². The van der Waals surface area contributed by atoms with E-state index in [0.717, 1.165) is 23.5 Å². The number of halogens is 1. The topological polar surface area (TPSA) is 77.8 Å². The zero-order valence-electron chi connectivity index (χ0n) is 15.1. The first kappa shape index (κ1) is 19.5. The SMILES string of the molecule is COc1cccc(COc2coc(C(=O)NCc3ccccc3Cl)cc2=O)c1. The zero-order chi connectivity index (χ0) is 19.9. The smallest absolute Gasteiger partial charge is 0.287 e. The highest BCUT2D eigenvalue weighted by atomic mass is 35.5. The first-order valence-corrected chi connectivity index (χ1v) is 8.85. The van der Waals surface area contributed by atoms with Crippen molar-refractivity contribution in [3.63, 3.8) is 0 Å². The largest absolute Gasteiger partial charge is 0.497 e. The number of benzene rings is 2. The number of nitrogens with one attached hydrogen (secondary N) is 1. The Morgan fingerprint density at radius 3 is 2.71 bits per heavy atom. The summed E-state index contributed by atoms with van der Waals surface area (Å²) in [4.78, 5) is 24.4. The lowest BCUT2D eigenvalue weighted by Gasteiger charge is -2.08. The van der Waals surface area contributed by atoms with E-state index in [9.17, 15) is 9.59 Å². The van der Waals surface area contributed by atoms with Gasteiger partial charge in [0.1, 0.15) is 18.6 Å². The van der Waals surface area contributed by atoms with Gasteiger partial charge in [-0.25, -0.2) is 0 Å². The Morgan fingerprint density at radius 1 is 1.14 bits per heavy atom. The third-order valence-electron chi connectivity index (χ3n) is 3.95. The summed E-state index contributed by atoms with van der Waals surface area (Å²) in [5.74, 6) is 0.0892. The van der Waals surface area contributed by atoms with E-state index >= 15 is 0 Å². The molecule has 1 heterocycles. The molecule has 1 N–H and O–H groups in total. The molecule has 3 rings (SSSR count). The van der Waals surface area contributed by atoms with Crippen LogP contribution in [0.15, 0.2) is 70.1 Å². The fourth-order valence-electron chi connectivity index (χ4n) is 2.45. The molecule has 3 aromatic rings. The van der Waals surface area contributed by atoms with Gasteiger partial charge >= 0.3 is 0 Å². The minimum absolute atomic E-state index is 0.0190. The molecule has 0 unspecified atom stereocenters. The van der Waals surface area contributed by atoms with Crippen LogP contribution in [0.25, 0.3) is 0 Å². The molecule has 0 aliphatic carbocycles. The second-order valence-corrected chi connectivity index (χ2v) is 6.29. The summed E-state index contributed by atoms with van der Waals surface area (Å²) < 4.78 is 15.9. The lowest BCUT2D eigenvalue weighted by atomic mass is 10.2. The van der Waals surface area contributed by atoms with Crippen LogP contribution in [0.5, 0.6) is 11.5 Å². The van der Waals surface area contributed by atoms with Gasteiger partial charge in [0.2, 0.25) is 11.2 Å². The van der Waals surface area contributed by atoms with Gasteiger partial charge in [-0.05, 0) is 29.3 Å². The summed E-state index contributed by atoms with van der Waals surface area (Å²) in [7, 11) is 1.57. The van der Waals surface area contributed by atoms with Crippen LogP contribution in [0.1, 0.15) is 21.7 Å². The Balaban J connectivity index is 1.62. The fraction of sp³-hybridized carbons (Fsp3) is 0.143. The predicted molar refractivity (Wildman–Crippen MR) is 105 cm³/mol. The first-order valence-electron chi connectivity index (χ1n) is 8.47. The van der Waals surface area contributed by atoms with Crippen LogP contribution in [0.2, 0.25) is 5.02 Å². The van der Waals surface area contributed by atoms with E-state index in [-0.39, 0.29) is 24.7 Å². The molecule has 0 aliphatic rings. The van der Waals surface area contributed by atoms with Crippen LogP contribution in [0, 0.1) is 0 Å². The molecule has 0 bridgehead atoms. The van der Waals surface area contributed by atoms with Crippen molar-refractivity contribution < 1.29 is 18.7 Å². The summed E-state index contributed by atoms with van der Waals surface area (Å²) in [5.41, 5.74) is 1.15. The van der Waals surface area contributed by atoms with Crippen molar-refractivity contribution in [1.29, 1.82) is 0 Å². The number of rotatable bonds is 7. The maximum absolute atomic E-state index is 12.2. The molecule has 0 atom stereocenters. The molecule has 1 amide bonds. The molecule has 2 aromatic carbocycles. The van der Waals surface area contributed by atoms with E-state index in [0.29, 0.717) is 10.8 Å². The van der Waals surface area contributed by atoms with Gasteiger partial charge in [-0.3, -0.25) is 9.59 Å². The molecule has 1 aromatic heterocycles. The number of carbonyl (C=O) groups is 1. The average Bonchev–Trinajstić information content (AvgIpc) is 2.72. The summed E-state index contributed by atoms with van der Waals surface area (Å²) in [6.45, 7) is 0.385. The third-order valence-corrected chi connectivity index (χ3v) is 4.32. The first-order chi connectivity index (χ1) is 13.6. The fourth-order valence-corrected chi connectivity index (χ4v) is 2.65. The Hall–Kier alpha value is -3.25. The van der Waals surface area contributed by atoms with Gasteiger partial charge < -0.3 is 19.2 Å². The molecule has 7 heteroatoms. The van der Waals surface area contributed by atoms with Crippen LogP contribution in [-0.4, -0.2) is 13.0 Å². The van der Waals surface area contributed by atoms with Gasteiger partial charge in [-0.2, -0.15) is 0 Å². The quantitative estimate of drug-likeness (QED) is 0.653. The highest BCUT2D eigenvalue weighted by Crippen LogP contribution is 2.16. The van der Waals surface area contributed by atoms with Crippen molar-refractivity contribution in [2.75, 3.05) is 7.11 Å². The number of ether oxygens (including phenoxy) is 2. The Labute approximate surface area is 166 Å². The Morgan fingerprint density at radius 2 is 1.96 bits per heavy atom. The third kappa shape index (κ3) is 4.92. The van der Waals surface area contributed by atoms with Crippen LogP contribution in [-0.2, 0) is 13.2 Å². The molecule has 0 fully saturated rings. The van der Waals surface area contributed by atoms with E-state index in [2.05, 4.69) is 5.32 Å². The van der Waals surface area contributed by atoms with Crippen molar-refractivity contribution in [3.8, 4) is 11.5 Å². The molecular formula is C21H18ClNO5. The van der Waals surface area contributed by atoms with Crippen LogP contribution in [0.3, 0.4) is 0 Å². The highest BCUT2D eigenvalue weighted by molar-refractivity contribution is 6.31. The van der Waals surface area contributed by atoms with Gasteiger partial charge in [-0.1, -0.05) is 41.9 Å². The Bertz CT molecular complexity index is 1030. The summed E-state index contributed by atoms with van der Waals surface area (Å²) in [6, 6.07) is 15.5. The van der Waals surface area contributed by atoms with Gasteiger partial charge in [0.15, 0.2) is 5.76 Å². The van der Waals surface area contributed by atoms with Crippen molar-refractivity contribution in [2.24, 2.45) is 0 Å². The number of amides is 1. The summed E-state index contributed by atoms with van der Waals surface area (Å²) in [5, 5.41) is 3.21. The normalized spacial score (nSPS) is 10.4.